The maximum Gasteiger partial charge on any atom is 0.254 e. The van der Waals surface area contributed by atoms with Crippen molar-refractivity contribution in [3.63, 3.8) is 0 Å². The zero-order valence-electron chi connectivity index (χ0n) is 12.8. The molecule has 0 fully saturated rings. The Morgan fingerprint density at radius 2 is 2.00 bits per heavy atom. The van der Waals surface area contributed by atoms with E-state index < -0.39 is 0 Å². The molecule has 0 saturated carbocycles. The van der Waals surface area contributed by atoms with Gasteiger partial charge in [0.2, 0.25) is 0 Å². The van der Waals surface area contributed by atoms with E-state index in [-0.39, 0.29) is 0 Å². The highest BCUT2D eigenvalue weighted by Crippen LogP contribution is 2.12. The second kappa shape index (κ2) is 7.22. The van der Waals surface area contributed by atoms with Crippen LogP contribution in [0.3, 0.4) is 0 Å². The molecule has 20 heavy (non-hydrogen) atoms. The maximum atomic E-state index is 4.33. The Labute approximate surface area is 120 Å². The molecule has 0 atom stereocenters. The lowest BCUT2D eigenvalue weighted by molar-refractivity contribution is 0.523. The standard InChI is InChI=1S/C15H25N5/c1-12(2)8-6-4-5-7-9-16-14-10-13(3)19-15-17-11-18-20(14)15/h10-12,16H,4-9H2,1-3H3. The van der Waals surface area contributed by atoms with Crippen molar-refractivity contribution in [2.75, 3.05) is 11.9 Å². The molecule has 2 aromatic heterocycles. The van der Waals surface area contributed by atoms with Gasteiger partial charge in [-0.05, 0) is 19.3 Å². The number of nitrogens with zero attached hydrogens (tertiary/aromatic N) is 4. The molecule has 0 spiro atoms. The molecule has 0 saturated heterocycles. The number of aryl methyl sites for hydroxylation is 1. The highest BCUT2D eigenvalue weighted by molar-refractivity contribution is 5.44. The molecule has 5 nitrogen and oxygen atoms in total. The van der Waals surface area contributed by atoms with Crippen LogP contribution < -0.4 is 5.32 Å². The van der Waals surface area contributed by atoms with E-state index in [1.165, 1.54) is 32.1 Å². The fraction of sp³-hybridized carbons (Fsp3) is 0.667. The Morgan fingerprint density at radius 1 is 1.20 bits per heavy atom. The second-order valence-corrected chi connectivity index (χ2v) is 5.78. The van der Waals surface area contributed by atoms with Crippen molar-refractivity contribution in [3.05, 3.63) is 18.1 Å². The summed E-state index contributed by atoms with van der Waals surface area (Å²) in [5.41, 5.74) is 0.963. The van der Waals surface area contributed by atoms with Crippen molar-refractivity contribution >= 4 is 11.6 Å². The van der Waals surface area contributed by atoms with E-state index in [4.69, 9.17) is 0 Å². The minimum absolute atomic E-state index is 0.657. The Balaban J connectivity index is 1.74. The van der Waals surface area contributed by atoms with Gasteiger partial charge in [0, 0.05) is 18.3 Å². The predicted molar refractivity (Wildman–Crippen MR) is 81.9 cm³/mol. The largest absolute Gasteiger partial charge is 0.370 e. The number of fused-ring (bicyclic) bond motifs is 1. The summed E-state index contributed by atoms with van der Waals surface area (Å²) in [6, 6.07) is 2.01. The van der Waals surface area contributed by atoms with Crippen LogP contribution in [0.5, 0.6) is 0 Å². The van der Waals surface area contributed by atoms with Crippen LogP contribution in [0.4, 0.5) is 5.82 Å². The van der Waals surface area contributed by atoms with E-state index in [2.05, 4.69) is 34.2 Å². The van der Waals surface area contributed by atoms with Crippen molar-refractivity contribution in [2.24, 2.45) is 5.92 Å². The summed E-state index contributed by atoms with van der Waals surface area (Å²) in [7, 11) is 0. The van der Waals surface area contributed by atoms with Crippen molar-refractivity contribution in [2.45, 2.75) is 52.9 Å². The fourth-order valence-electron chi connectivity index (χ4n) is 2.30. The first-order valence-corrected chi connectivity index (χ1v) is 7.58. The van der Waals surface area contributed by atoms with E-state index in [0.29, 0.717) is 5.78 Å². The molecule has 110 valence electrons. The number of unbranched alkanes of at least 4 members (excludes halogenated alkanes) is 3. The van der Waals surface area contributed by atoms with E-state index in [1.54, 1.807) is 10.8 Å². The van der Waals surface area contributed by atoms with Gasteiger partial charge in [0.1, 0.15) is 12.1 Å². The van der Waals surface area contributed by atoms with Crippen LogP contribution in [0.25, 0.3) is 5.78 Å². The van der Waals surface area contributed by atoms with Crippen LogP contribution >= 0.6 is 0 Å². The topological polar surface area (TPSA) is 55.1 Å². The van der Waals surface area contributed by atoms with Crippen LogP contribution in [-0.2, 0) is 0 Å². The van der Waals surface area contributed by atoms with Gasteiger partial charge in [-0.25, -0.2) is 4.98 Å². The van der Waals surface area contributed by atoms with Gasteiger partial charge in [-0.1, -0.05) is 39.5 Å². The first-order valence-electron chi connectivity index (χ1n) is 7.58. The predicted octanol–water partition coefficient (Wildman–Crippen LogP) is 3.45. The summed E-state index contributed by atoms with van der Waals surface area (Å²) in [6.07, 6.45) is 8.03. The summed E-state index contributed by atoms with van der Waals surface area (Å²) in [5, 5.41) is 7.62. The third kappa shape index (κ3) is 4.18. The summed E-state index contributed by atoms with van der Waals surface area (Å²) in [5.74, 6) is 2.46. The number of nitrogens with one attached hydrogen (secondary N) is 1. The summed E-state index contributed by atoms with van der Waals surface area (Å²) in [6.45, 7) is 7.53. The van der Waals surface area contributed by atoms with Crippen molar-refractivity contribution in [1.29, 1.82) is 0 Å². The lowest BCUT2D eigenvalue weighted by atomic mass is 10.0. The lowest BCUT2D eigenvalue weighted by Gasteiger charge is -2.09. The van der Waals surface area contributed by atoms with Crippen LogP contribution in [0, 0.1) is 12.8 Å². The molecular weight excluding hydrogens is 250 g/mol. The number of aromatic nitrogens is 4. The Hall–Kier alpha value is -1.65. The SMILES string of the molecule is Cc1cc(NCCCCCCC(C)C)n2ncnc2n1. The van der Waals surface area contributed by atoms with Crippen LogP contribution in [0.2, 0.25) is 0 Å². The molecule has 0 unspecified atom stereocenters. The summed E-state index contributed by atoms with van der Waals surface area (Å²) < 4.78 is 1.76. The number of rotatable bonds is 8. The number of hydrogen-bond donors (Lipinski definition) is 1. The minimum Gasteiger partial charge on any atom is -0.370 e. The smallest absolute Gasteiger partial charge is 0.254 e. The highest BCUT2D eigenvalue weighted by Gasteiger charge is 2.04. The van der Waals surface area contributed by atoms with Gasteiger partial charge < -0.3 is 5.32 Å². The molecule has 0 aliphatic heterocycles. The van der Waals surface area contributed by atoms with Crippen molar-refractivity contribution in [3.8, 4) is 0 Å². The molecule has 0 radical (unpaired) electrons. The van der Waals surface area contributed by atoms with E-state index in [0.717, 1.165) is 24.0 Å². The molecule has 0 bridgehead atoms. The third-order valence-corrected chi connectivity index (χ3v) is 3.39. The van der Waals surface area contributed by atoms with Gasteiger partial charge in [0.15, 0.2) is 0 Å². The first-order chi connectivity index (χ1) is 9.66. The summed E-state index contributed by atoms with van der Waals surface area (Å²) in [4.78, 5) is 8.46. The highest BCUT2D eigenvalue weighted by atomic mass is 15.3. The average Bonchev–Trinajstić information content (AvgIpc) is 2.85. The average molecular weight is 275 g/mol. The second-order valence-electron chi connectivity index (χ2n) is 5.78. The molecule has 1 N–H and O–H groups in total. The van der Waals surface area contributed by atoms with Crippen LogP contribution in [0.15, 0.2) is 12.4 Å². The molecule has 5 heteroatoms. The Bertz CT molecular complexity index is 532. The van der Waals surface area contributed by atoms with Gasteiger partial charge in [-0.3, -0.25) is 0 Å². The fourth-order valence-corrected chi connectivity index (χ4v) is 2.30. The molecule has 2 heterocycles. The molecule has 0 aromatic carbocycles. The quantitative estimate of drug-likeness (QED) is 0.750. The molecule has 0 amide bonds. The molecule has 2 rings (SSSR count). The summed E-state index contributed by atoms with van der Waals surface area (Å²) >= 11 is 0. The molecular formula is C15H25N5. The van der Waals surface area contributed by atoms with E-state index in [9.17, 15) is 0 Å². The monoisotopic (exact) mass is 275 g/mol. The van der Waals surface area contributed by atoms with Gasteiger partial charge in [-0.15, -0.1) is 0 Å². The van der Waals surface area contributed by atoms with Gasteiger partial charge in [0.05, 0.1) is 0 Å². The van der Waals surface area contributed by atoms with Gasteiger partial charge in [-0.2, -0.15) is 14.6 Å². The zero-order chi connectivity index (χ0) is 14.4. The Kier molecular flexibility index (Phi) is 5.32. The van der Waals surface area contributed by atoms with E-state index in [1.807, 2.05) is 13.0 Å². The minimum atomic E-state index is 0.657. The van der Waals surface area contributed by atoms with Gasteiger partial charge >= 0.3 is 0 Å². The van der Waals surface area contributed by atoms with Crippen molar-refractivity contribution in [1.82, 2.24) is 19.6 Å². The zero-order valence-corrected chi connectivity index (χ0v) is 12.8. The third-order valence-electron chi connectivity index (χ3n) is 3.39. The van der Waals surface area contributed by atoms with Gasteiger partial charge in [0.25, 0.3) is 5.78 Å². The normalized spacial score (nSPS) is 11.4. The maximum absolute atomic E-state index is 4.33. The number of anilines is 1. The molecule has 0 aliphatic rings. The lowest BCUT2D eigenvalue weighted by Crippen LogP contribution is -2.08. The van der Waals surface area contributed by atoms with Crippen molar-refractivity contribution < 1.29 is 0 Å². The van der Waals surface area contributed by atoms with Crippen LogP contribution in [0.1, 0.15) is 51.6 Å². The number of hydrogen-bond acceptors (Lipinski definition) is 4. The van der Waals surface area contributed by atoms with Crippen LogP contribution in [-0.4, -0.2) is 26.1 Å². The molecule has 0 aliphatic carbocycles. The van der Waals surface area contributed by atoms with E-state index >= 15 is 0 Å². The first kappa shape index (κ1) is 14.8. The Morgan fingerprint density at radius 3 is 2.80 bits per heavy atom. The molecule has 2 aromatic rings.